The topological polar surface area (TPSA) is 58.2 Å². The number of sulfonamides is 1. The molecule has 96 valence electrons. The first-order chi connectivity index (χ1) is 7.94. The lowest BCUT2D eigenvalue weighted by Gasteiger charge is -2.10. The Morgan fingerprint density at radius 1 is 1.35 bits per heavy atom. The fraction of sp³-hybridized carbons (Fsp3) is 0.455. The smallest absolute Gasteiger partial charge is 0.232 e. The van der Waals surface area contributed by atoms with Gasteiger partial charge in [0.2, 0.25) is 10.0 Å². The zero-order valence-corrected chi connectivity index (χ0v) is 11.5. The third kappa shape index (κ3) is 4.93. The van der Waals surface area contributed by atoms with Crippen LogP contribution < -0.4 is 10.0 Å². The van der Waals surface area contributed by atoms with Crippen LogP contribution in [0.4, 0.5) is 5.69 Å². The van der Waals surface area contributed by atoms with E-state index in [4.69, 9.17) is 11.6 Å². The molecule has 0 spiro atoms. The highest BCUT2D eigenvalue weighted by molar-refractivity contribution is 7.92. The van der Waals surface area contributed by atoms with E-state index in [9.17, 15) is 8.42 Å². The van der Waals surface area contributed by atoms with Crippen molar-refractivity contribution in [2.75, 3.05) is 24.1 Å². The average molecular weight is 277 g/mol. The molecule has 2 N–H and O–H groups in total. The molecule has 0 aliphatic carbocycles. The van der Waals surface area contributed by atoms with E-state index >= 15 is 0 Å². The number of hydrogen-bond donors (Lipinski definition) is 2. The van der Waals surface area contributed by atoms with E-state index in [1.54, 1.807) is 25.2 Å². The minimum Gasteiger partial charge on any atom is -0.320 e. The first kappa shape index (κ1) is 14.3. The highest BCUT2D eigenvalue weighted by Gasteiger charge is 2.11. The van der Waals surface area contributed by atoms with Gasteiger partial charge < -0.3 is 5.32 Å². The minimum atomic E-state index is -3.29. The molecule has 0 heterocycles. The van der Waals surface area contributed by atoms with E-state index in [-0.39, 0.29) is 5.75 Å². The summed E-state index contributed by atoms with van der Waals surface area (Å²) in [6.07, 6.45) is 0.575. The maximum absolute atomic E-state index is 11.8. The van der Waals surface area contributed by atoms with Crippen LogP contribution in [0.25, 0.3) is 0 Å². The van der Waals surface area contributed by atoms with E-state index < -0.39 is 10.0 Å². The second-order valence-corrected chi connectivity index (χ2v) is 6.12. The lowest BCUT2D eigenvalue weighted by Crippen LogP contribution is -2.20. The molecule has 0 amide bonds. The summed E-state index contributed by atoms with van der Waals surface area (Å²) in [6, 6.07) is 5.13. The predicted octanol–water partition coefficient (Wildman–Crippen LogP) is 2.00. The van der Waals surface area contributed by atoms with Crippen molar-refractivity contribution in [3.05, 3.63) is 28.8 Å². The predicted molar refractivity (Wildman–Crippen MR) is 72.1 cm³/mol. The molecule has 0 fully saturated rings. The van der Waals surface area contributed by atoms with Crippen molar-refractivity contribution in [1.29, 1.82) is 0 Å². The van der Waals surface area contributed by atoms with Gasteiger partial charge in [0.05, 0.1) is 11.4 Å². The number of benzene rings is 1. The van der Waals surface area contributed by atoms with Crippen LogP contribution in [0.2, 0.25) is 5.02 Å². The molecule has 4 nitrogen and oxygen atoms in total. The molecule has 17 heavy (non-hydrogen) atoms. The molecule has 0 bridgehead atoms. The Bertz CT molecular complexity index is 474. The Balaban J connectivity index is 2.72. The normalized spacial score (nSPS) is 11.5. The summed E-state index contributed by atoms with van der Waals surface area (Å²) in [6.45, 7) is 2.51. The quantitative estimate of drug-likeness (QED) is 0.782. The molecule has 0 unspecified atom stereocenters. The Kier molecular flexibility index (Phi) is 5.24. The largest absolute Gasteiger partial charge is 0.320 e. The van der Waals surface area contributed by atoms with Crippen molar-refractivity contribution in [2.45, 2.75) is 13.3 Å². The molecule has 0 saturated carbocycles. The van der Waals surface area contributed by atoms with Crippen LogP contribution in [0.5, 0.6) is 0 Å². The number of halogens is 1. The van der Waals surface area contributed by atoms with Gasteiger partial charge in [0, 0.05) is 5.02 Å². The van der Waals surface area contributed by atoms with Gasteiger partial charge >= 0.3 is 0 Å². The second kappa shape index (κ2) is 6.23. The number of rotatable bonds is 6. The molecule has 6 heteroatoms. The number of nitrogens with one attached hydrogen (secondary N) is 2. The van der Waals surface area contributed by atoms with Crippen LogP contribution in [0.15, 0.2) is 18.2 Å². The SMILES string of the molecule is CNCCCS(=O)(=O)Nc1cc(Cl)ccc1C. The fourth-order valence-electron chi connectivity index (χ4n) is 1.36. The van der Waals surface area contributed by atoms with Crippen molar-refractivity contribution >= 4 is 27.3 Å². The molecule has 1 aromatic rings. The van der Waals surface area contributed by atoms with Crippen LogP contribution in [0.3, 0.4) is 0 Å². The molecule has 0 radical (unpaired) electrons. The molecule has 0 atom stereocenters. The van der Waals surface area contributed by atoms with Gasteiger partial charge in [-0.25, -0.2) is 8.42 Å². The summed E-state index contributed by atoms with van der Waals surface area (Å²) >= 11 is 5.83. The van der Waals surface area contributed by atoms with Gasteiger partial charge in [-0.1, -0.05) is 17.7 Å². The third-order valence-electron chi connectivity index (χ3n) is 2.30. The van der Waals surface area contributed by atoms with Crippen LogP contribution in [0, 0.1) is 6.92 Å². The lowest BCUT2D eigenvalue weighted by molar-refractivity contribution is 0.597. The zero-order chi connectivity index (χ0) is 12.9. The number of aryl methyl sites for hydroxylation is 1. The monoisotopic (exact) mass is 276 g/mol. The average Bonchev–Trinajstić information content (AvgIpc) is 2.23. The van der Waals surface area contributed by atoms with Crippen molar-refractivity contribution < 1.29 is 8.42 Å². The standard InChI is InChI=1S/C11H17ClN2O2S/c1-9-4-5-10(12)8-11(9)14-17(15,16)7-3-6-13-2/h4-5,8,13-14H,3,6-7H2,1-2H3. The zero-order valence-electron chi connectivity index (χ0n) is 9.96. The van der Waals surface area contributed by atoms with Crippen molar-refractivity contribution in [1.82, 2.24) is 5.32 Å². The first-order valence-electron chi connectivity index (χ1n) is 5.36. The minimum absolute atomic E-state index is 0.0970. The van der Waals surface area contributed by atoms with E-state index in [0.717, 1.165) is 5.56 Å². The summed E-state index contributed by atoms with van der Waals surface area (Å²) < 4.78 is 26.1. The Labute approximate surface area is 107 Å². The Morgan fingerprint density at radius 2 is 2.06 bits per heavy atom. The summed E-state index contributed by atoms with van der Waals surface area (Å²) in [5.74, 6) is 0.0970. The van der Waals surface area contributed by atoms with Crippen LogP contribution in [0.1, 0.15) is 12.0 Å². The van der Waals surface area contributed by atoms with Crippen molar-refractivity contribution in [3.8, 4) is 0 Å². The Hall–Kier alpha value is -0.780. The van der Waals surface area contributed by atoms with E-state index in [1.165, 1.54) is 0 Å². The van der Waals surface area contributed by atoms with Gasteiger partial charge in [-0.2, -0.15) is 0 Å². The molecule has 1 aromatic carbocycles. The molecule has 0 saturated heterocycles. The summed E-state index contributed by atoms with van der Waals surface area (Å²) in [5, 5.41) is 3.43. The molecule has 0 aliphatic heterocycles. The number of hydrogen-bond acceptors (Lipinski definition) is 3. The maximum atomic E-state index is 11.8. The van der Waals surface area contributed by atoms with Crippen LogP contribution in [-0.2, 0) is 10.0 Å². The van der Waals surface area contributed by atoms with Crippen LogP contribution >= 0.6 is 11.6 Å². The van der Waals surface area contributed by atoms with Gasteiger partial charge in [0.25, 0.3) is 0 Å². The van der Waals surface area contributed by atoms with E-state index in [1.807, 2.05) is 6.92 Å². The third-order valence-corrected chi connectivity index (χ3v) is 3.90. The lowest BCUT2D eigenvalue weighted by atomic mass is 10.2. The van der Waals surface area contributed by atoms with Crippen molar-refractivity contribution in [2.24, 2.45) is 0 Å². The fourth-order valence-corrected chi connectivity index (χ4v) is 2.72. The van der Waals surface area contributed by atoms with Gasteiger partial charge in [0.1, 0.15) is 0 Å². The molecule has 0 aromatic heterocycles. The van der Waals surface area contributed by atoms with E-state index in [2.05, 4.69) is 10.0 Å². The first-order valence-corrected chi connectivity index (χ1v) is 7.39. The van der Waals surface area contributed by atoms with Gasteiger partial charge in [-0.3, -0.25) is 4.72 Å². The summed E-state index contributed by atoms with van der Waals surface area (Å²) in [4.78, 5) is 0. The summed E-state index contributed by atoms with van der Waals surface area (Å²) in [5.41, 5.74) is 1.40. The highest BCUT2D eigenvalue weighted by atomic mass is 35.5. The van der Waals surface area contributed by atoms with Gasteiger partial charge in [-0.05, 0) is 44.6 Å². The maximum Gasteiger partial charge on any atom is 0.232 e. The molecule has 0 aliphatic rings. The second-order valence-electron chi connectivity index (χ2n) is 3.84. The Morgan fingerprint density at radius 3 is 2.71 bits per heavy atom. The molecule has 1 rings (SSSR count). The molecular weight excluding hydrogens is 260 g/mol. The highest BCUT2D eigenvalue weighted by Crippen LogP contribution is 2.21. The molecular formula is C11H17ClN2O2S. The van der Waals surface area contributed by atoms with Crippen molar-refractivity contribution in [3.63, 3.8) is 0 Å². The van der Waals surface area contributed by atoms with Crippen LogP contribution in [-0.4, -0.2) is 27.8 Å². The van der Waals surface area contributed by atoms with E-state index in [0.29, 0.717) is 23.7 Å². The summed E-state index contributed by atoms with van der Waals surface area (Å²) in [7, 11) is -1.50. The van der Waals surface area contributed by atoms with Gasteiger partial charge in [-0.15, -0.1) is 0 Å². The van der Waals surface area contributed by atoms with Gasteiger partial charge in [0.15, 0.2) is 0 Å². The number of anilines is 1.